The molecule has 1 heterocycles. The average Bonchev–Trinajstić information content (AvgIpc) is 2.53. The number of hydrogen-bond donors (Lipinski definition) is 1. The van der Waals surface area contributed by atoms with E-state index in [1.54, 1.807) is 30.3 Å². The monoisotopic (exact) mass is 337 g/mol. The predicted octanol–water partition coefficient (Wildman–Crippen LogP) is 2.83. The zero-order chi connectivity index (χ0) is 18.1. The number of anilines is 1. The van der Waals surface area contributed by atoms with Gasteiger partial charge in [-0.05, 0) is 25.1 Å². The van der Waals surface area contributed by atoms with Gasteiger partial charge in [-0.1, -0.05) is 18.2 Å². The van der Waals surface area contributed by atoms with Crippen LogP contribution in [-0.4, -0.2) is 19.3 Å². The molecule has 1 aliphatic rings. The normalized spacial score (nSPS) is 21.2. The largest absolute Gasteiger partial charge is 0.468 e. The molecule has 0 radical (unpaired) electrons. The van der Waals surface area contributed by atoms with Crippen LogP contribution >= 0.6 is 0 Å². The van der Waals surface area contributed by atoms with Gasteiger partial charge in [0, 0.05) is 11.4 Å². The fourth-order valence-corrected chi connectivity index (χ4v) is 2.68. The van der Waals surface area contributed by atoms with Crippen molar-refractivity contribution in [2.24, 2.45) is 11.1 Å². The molecule has 8 heteroatoms. The van der Waals surface area contributed by atoms with Gasteiger partial charge in [0.2, 0.25) is 5.41 Å². The fourth-order valence-electron chi connectivity index (χ4n) is 2.68. The second kappa shape index (κ2) is 5.92. The number of esters is 1. The highest BCUT2D eigenvalue weighted by Gasteiger charge is 2.65. The van der Waals surface area contributed by atoms with Crippen LogP contribution in [0.1, 0.15) is 6.92 Å². The number of ether oxygens (including phenoxy) is 1. The maximum Gasteiger partial charge on any atom is 0.413 e. The van der Waals surface area contributed by atoms with Gasteiger partial charge in [0.25, 0.3) is 0 Å². The van der Waals surface area contributed by atoms with Crippen LogP contribution in [-0.2, 0) is 9.53 Å². The molecule has 5 nitrogen and oxygen atoms in total. The minimum atomic E-state index is -5.08. The first kappa shape index (κ1) is 17.4. The second-order valence-electron chi connectivity index (χ2n) is 5.13. The molecule has 126 valence electrons. The number of halogens is 3. The Morgan fingerprint density at radius 1 is 1.33 bits per heavy atom. The van der Waals surface area contributed by atoms with Gasteiger partial charge < -0.3 is 15.4 Å². The Hall–Kier alpha value is -2.95. The van der Waals surface area contributed by atoms with E-state index >= 15 is 0 Å². The van der Waals surface area contributed by atoms with E-state index in [-0.39, 0.29) is 5.70 Å². The summed E-state index contributed by atoms with van der Waals surface area (Å²) >= 11 is 0. The molecule has 0 saturated carbocycles. The van der Waals surface area contributed by atoms with Gasteiger partial charge in [-0.3, -0.25) is 4.79 Å². The molecular formula is C16H14F3N3O2. The molecular weight excluding hydrogens is 323 g/mol. The maximum atomic E-state index is 13.7. The Bertz CT molecular complexity index is 763. The lowest BCUT2D eigenvalue weighted by Crippen LogP contribution is -2.51. The third-order valence-electron chi connectivity index (χ3n) is 3.75. The molecule has 1 aromatic carbocycles. The first-order valence-electron chi connectivity index (χ1n) is 6.80. The van der Waals surface area contributed by atoms with E-state index in [2.05, 4.69) is 4.74 Å². The van der Waals surface area contributed by atoms with Crippen molar-refractivity contribution in [3.8, 4) is 6.07 Å². The number of nitrogens with zero attached hydrogens (tertiary/aromatic N) is 2. The number of para-hydroxylation sites is 1. The Labute approximate surface area is 136 Å². The third-order valence-corrected chi connectivity index (χ3v) is 3.75. The molecule has 0 aromatic heterocycles. The highest BCUT2D eigenvalue weighted by molar-refractivity contribution is 5.88. The van der Waals surface area contributed by atoms with Crippen LogP contribution in [0, 0.1) is 16.7 Å². The van der Waals surface area contributed by atoms with E-state index in [1.807, 2.05) is 0 Å². The summed E-state index contributed by atoms with van der Waals surface area (Å²) in [5.74, 6) is -2.08. The van der Waals surface area contributed by atoms with Gasteiger partial charge in [-0.2, -0.15) is 18.4 Å². The van der Waals surface area contributed by atoms with E-state index in [1.165, 1.54) is 17.9 Å². The highest BCUT2D eigenvalue weighted by Crippen LogP contribution is 2.50. The van der Waals surface area contributed by atoms with Crippen LogP contribution in [0.4, 0.5) is 18.9 Å². The molecule has 0 spiro atoms. The molecule has 0 saturated heterocycles. The van der Waals surface area contributed by atoms with Crippen LogP contribution in [0.15, 0.2) is 53.5 Å². The summed E-state index contributed by atoms with van der Waals surface area (Å²) in [6, 6.07) is 9.76. The predicted molar refractivity (Wildman–Crippen MR) is 80.0 cm³/mol. The van der Waals surface area contributed by atoms with Gasteiger partial charge in [-0.15, -0.1) is 0 Å². The average molecular weight is 337 g/mol. The summed E-state index contributed by atoms with van der Waals surface area (Å²) in [4.78, 5) is 13.3. The number of carbonyl (C=O) groups excluding carboxylic acids is 1. The number of nitrogens with two attached hydrogens (primary N) is 1. The van der Waals surface area contributed by atoms with Crippen molar-refractivity contribution in [3.05, 3.63) is 53.5 Å². The SMILES string of the molecule is COC(=O)C1(C(F)(F)F)C=C(C)N(c2ccccc2)C(N)=C1C#N. The molecule has 1 atom stereocenters. The van der Waals surface area contributed by atoms with Gasteiger partial charge >= 0.3 is 12.1 Å². The molecule has 1 unspecified atom stereocenters. The molecule has 2 rings (SSSR count). The molecule has 0 bridgehead atoms. The van der Waals surface area contributed by atoms with Crippen molar-refractivity contribution in [1.29, 1.82) is 5.26 Å². The van der Waals surface area contributed by atoms with Crippen molar-refractivity contribution in [2.75, 3.05) is 12.0 Å². The third kappa shape index (κ3) is 2.38. The molecule has 1 aromatic rings. The minimum Gasteiger partial charge on any atom is -0.468 e. The van der Waals surface area contributed by atoms with Crippen LogP contribution in [0.5, 0.6) is 0 Å². The Morgan fingerprint density at radius 3 is 2.38 bits per heavy atom. The zero-order valence-corrected chi connectivity index (χ0v) is 12.9. The fraction of sp³-hybridized carbons (Fsp3) is 0.250. The van der Waals surface area contributed by atoms with Gasteiger partial charge in [-0.25, -0.2) is 0 Å². The van der Waals surface area contributed by atoms with Crippen molar-refractivity contribution in [1.82, 2.24) is 0 Å². The molecule has 0 amide bonds. The summed E-state index contributed by atoms with van der Waals surface area (Å²) < 4.78 is 45.6. The number of rotatable bonds is 2. The van der Waals surface area contributed by atoms with Crippen LogP contribution < -0.4 is 10.6 Å². The lowest BCUT2D eigenvalue weighted by Gasteiger charge is -2.39. The Morgan fingerprint density at radius 2 is 1.92 bits per heavy atom. The molecule has 1 aliphatic heterocycles. The number of alkyl halides is 3. The van der Waals surface area contributed by atoms with Gasteiger partial charge in [0.15, 0.2) is 0 Å². The molecule has 0 aliphatic carbocycles. The van der Waals surface area contributed by atoms with Crippen molar-refractivity contribution in [2.45, 2.75) is 13.1 Å². The number of carbonyl (C=O) groups is 1. The standard InChI is InChI=1S/C16H14F3N3O2/c1-10-8-15(14(23)24-2,16(17,18)19)12(9-20)13(21)22(10)11-6-4-3-5-7-11/h3-8H,21H2,1-2H3. The molecule has 0 fully saturated rings. The second-order valence-corrected chi connectivity index (χ2v) is 5.13. The lowest BCUT2D eigenvalue weighted by molar-refractivity contribution is -0.209. The van der Waals surface area contributed by atoms with E-state index in [0.717, 1.165) is 7.11 Å². The summed E-state index contributed by atoms with van der Waals surface area (Å²) in [5.41, 5.74) is 2.23. The number of hydrogen-bond acceptors (Lipinski definition) is 5. The topological polar surface area (TPSA) is 79.3 Å². The summed E-state index contributed by atoms with van der Waals surface area (Å²) in [6.45, 7) is 1.37. The zero-order valence-electron chi connectivity index (χ0n) is 12.9. The number of benzene rings is 1. The van der Waals surface area contributed by atoms with E-state index in [9.17, 15) is 23.2 Å². The summed E-state index contributed by atoms with van der Waals surface area (Å²) in [5, 5.41) is 9.30. The smallest absolute Gasteiger partial charge is 0.413 e. The van der Waals surface area contributed by atoms with E-state index in [4.69, 9.17) is 5.73 Å². The van der Waals surface area contributed by atoms with Crippen LogP contribution in [0.3, 0.4) is 0 Å². The number of methoxy groups -OCH3 is 1. The van der Waals surface area contributed by atoms with E-state index in [0.29, 0.717) is 11.8 Å². The molecule has 24 heavy (non-hydrogen) atoms. The maximum absolute atomic E-state index is 13.7. The van der Waals surface area contributed by atoms with Crippen molar-refractivity contribution in [3.63, 3.8) is 0 Å². The van der Waals surface area contributed by atoms with Crippen molar-refractivity contribution < 1.29 is 22.7 Å². The summed E-state index contributed by atoms with van der Waals surface area (Å²) in [7, 11) is 0.827. The lowest BCUT2D eigenvalue weighted by atomic mass is 9.76. The van der Waals surface area contributed by atoms with Gasteiger partial charge in [0.05, 0.1) is 7.11 Å². The summed E-state index contributed by atoms with van der Waals surface area (Å²) in [6.07, 6.45) is -4.42. The highest BCUT2D eigenvalue weighted by atomic mass is 19.4. The van der Waals surface area contributed by atoms with Crippen LogP contribution in [0.2, 0.25) is 0 Å². The number of nitriles is 1. The Kier molecular flexibility index (Phi) is 4.30. The Balaban J connectivity index is 2.78. The van der Waals surface area contributed by atoms with Crippen LogP contribution in [0.25, 0.3) is 0 Å². The van der Waals surface area contributed by atoms with E-state index < -0.39 is 29.0 Å². The molecule has 2 N–H and O–H groups in total. The minimum absolute atomic E-state index is 0.0559. The van der Waals surface area contributed by atoms with Gasteiger partial charge in [0.1, 0.15) is 17.5 Å². The van der Waals surface area contributed by atoms with Crippen molar-refractivity contribution >= 4 is 11.7 Å². The first-order chi connectivity index (χ1) is 11.2. The number of allylic oxidation sites excluding steroid dienone is 1. The quantitative estimate of drug-likeness (QED) is 0.840. The first-order valence-corrected chi connectivity index (χ1v) is 6.80.